The second-order valence-corrected chi connectivity index (χ2v) is 7.62. The third kappa shape index (κ3) is 3.05. The average molecular weight is 447 g/mol. The summed E-state index contributed by atoms with van der Waals surface area (Å²) < 4.78 is 8.47. The fraction of sp³-hybridized carbons (Fsp3) is 0.316. The minimum absolute atomic E-state index is 0.175. The highest BCUT2D eigenvalue weighted by Gasteiger charge is 2.21. The zero-order valence-corrected chi connectivity index (χ0v) is 17.1. The third-order valence-corrected chi connectivity index (χ3v) is 5.53. The van der Waals surface area contributed by atoms with Crippen molar-refractivity contribution in [1.29, 1.82) is 0 Å². The van der Waals surface area contributed by atoms with Gasteiger partial charge in [-0.2, -0.15) is 0 Å². The SMILES string of the molecule is Cn1c(=O)c(=O)n(C)c2cc(N3CCCC3)c(NC(=O)c3ccc(Br)o3)cc21. The number of aromatic nitrogens is 2. The van der Waals surface area contributed by atoms with Crippen molar-refractivity contribution in [3.05, 3.63) is 55.4 Å². The molecule has 28 heavy (non-hydrogen) atoms. The Hall–Kier alpha value is -2.81. The second-order valence-electron chi connectivity index (χ2n) is 6.84. The van der Waals surface area contributed by atoms with Gasteiger partial charge in [-0.15, -0.1) is 0 Å². The van der Waals surface area contributed by atoms with Gasteiger partial charge in [-0.3, -0.25) is 14.4 Å². The lowest BCUT2D eigenvalue weighted by atomic mass is 10.2. The van der Waals surface area contributed by atoms with Crippen LogP contribution in [-0.4, -0.2) is 28.1 Å². The van der Waals surface area contributed by atoms with Crippen molar-refractivity contribution in [2.75, 3.05) is 23.3 Å². The molecule has 3 heterocycles. The van der Waals surface area contributed by atoms with E-state index < -0.39 is 11.1 Å². The lowest BCUT2D eigenvalue weighted by molar-refractivity contribution is 0.0995. The zero-order chi connectivity index (χ0) is 20.0. The number of hydrogen-bond donors (Lipinski definition) is 1. The predicted molar refractivity (Wildman–Crippen MR) is 110 cm³/mol. The third-order valence-electron chi connectivity index (χ3n) is 5.10. The Morgan fingerprint density at radius 3 is 2.21 bits per heavy atom. The lowest BCUT2D eigenvalue weighted by Crippen LogP contribution is -2.39. The average Bonchev–Trinajstić information content (AvgIpc) is 3.36. The molecule has 146 valence electrons. The monoisotopic (exact) mass is 446 g/mol. The van der Waals surface area contributed by atoms with Crippen molar-refractivity contribution in [2.45, 2.75) is 12.8 Å². The first-order valence-electron chi connectivity index (χ1n) is 8.92. The van der Waals surface area contributed by atoms with Gasteiger partial charge in [0, 0.05) is 27.2 Å². The van der Waals surface area contributed by atoms with Crippen LogP contribution in [0.4, 0.5) is 11.4 Å². The predicted octanol–water partition coefficient (Wildman–Crippen LogP) is 2.45. The van der Waals surface area contributed by atoms with Gasteiger partial charge in [-0.25, -0.2) is 0 Å². The number of benzene rings is 1. The summed E-state index contributed by atoms with van der Waals surface area (Å²) in [6, 6.07) is 6.82. The molecule has 1 fully saturated rings. The topological polar surface area (TPSA) is 89.5 Å². The number of anilines is 2. The summed E-state index contributed by atoms with van der Waals surface area (Å²) in [5, 5.41) is 2.89. The van der Waals surface area contributed by atoms with Crippen LogP contribution in [0.15, 0.2) is 42.9 Å². The molecule has 2 aromatic heterocycles. The Morgan fingerprint density at radius 1 is 1.04 bits per heavy atom. The second kappa shape index (κ2) is 6.97. The van der Waals surface area contributed by atoms with Gasteiger partial charge in [0.2, 0.25) is 0 Å². The highest BCUT2D eigenvalue weighted by molar-refractivity contribution is 9.10. The molecule has 4 rings (SSSR count). The van der Waals surface area contributed by atoms with Gasteiger partial charge in [-0.05, 0) is 53.0 Å². The number of carbonyl (C=O) groups excluding carboxylic acids is 1. The number of aryl methyl sites for hydroxylation is 2. The van der Waals surface area contributed by atoms with E-state index in [1.54, 1.807) is 32.3 Å². The fourth-order valence-electron chi connectivity index (χ4n) is 3.55. The van der Waals surface area contributed by atoms with Gasteiger partial charge >= 0.3 is 11.1 Å². The largest absolute Gasteiger partial charge is 0.444 e. The molecule has 0 aliphatic carbocycles. The van der Waals surface area contributed by atoms with Crippen LogP contribution in [0.1, 0.15) is 23.4 Å². The molecule has 3 aromatic rings. The standard InChI is InChI=1S/C19H19BrN4O4/c1-22-13-9-11(21-17(25)15-5-6-16(20)28-15)12(24-7-3-4-8-24)10-14(13)23(2)19(27)18(22)26/h5-6,9-10H,3-4,7-8H2,1-2H3,(H,21,25). The number of furan rings is 1. The van der Waals surface area contributed by atoms with Crippen molar-refractivity contribution in [3.8, 4) is 0 Å². The van der Waals surface area contributed by atoms with Crippen LogP contribution >= 0.6 is 15.9 Å². The molecule has 1 aliphatic heterocycles. The quantitative estimate of drug-likeness (QED) is 0.624. The Balaban J connectivity index is 1.89. The minimum Gasteiger partial charge on any atom is -0.444 e. The van der Waals surface area contributed by atoms with Gasteiger partial charge in [0.25, 0.3) is 5.91 Å². The first-order valence-corrected chi connectivity index (χ1v) is 9.71. The summed E-state index contributed by atoms with van der Waals surface area (Å²) in [5.41, 5.74) is 1.38. The first kappa shape index (κ1) is 18.5. The van der Waals surface area contributed by atoms with Crippen molar-refractivity contribution in [1.82, 2.24) is 9.13 Å². The maximum Gasteiger partial charge on any atom is 0.316 e. The molecule has 0 bridgehead atoms. The molecule has 8 nitrogen and oxygen atoms in total. The maximum absolute atomic E-state index is 12.6. The van der Waals surface area contributed by atoms with Gasteiger partial charge in [0.05, 0.1) is 22.4 Å². The minimum atomic E-state index is -0.615. The van der Waals surface area contributed by atoms with Crippen molar-refractivity contribution >= 4 is 44.2 Å². The molecule has 1 N–H and O–H groups in total. The number of carbonyl (C=O) groups is 1. The molecular weight excluding hydrogens is 428 g/mol. The van der Waals surface area contributed by atoms with Crippen molar-refractivity contribution < 1.29 is 9.21 Å². The highest BCUT2D eigenvalue weighted by atomic mass is 79.9. The smallest absolute Gasteiger partial charge is 0.316 e. The Morgan fingerprint density at radius 2 is 1.64 bits per heavy atom. The fourth-order valence-corrected chi connectivity index (χ4v) is 3.86. The molecule has 1 aliphatic rings. The number of nitrogens with one attached hydrogen (secondary N) is 1. The first-order chi connectivity index (χ1) is 13.4. The Bertz CT molecular complexity index is 1200. The van der Waals surface area contributed by atoms with E-state index >= 15 is 0 Å². The van der Waals surface area contributed by atoms with Crippen LogP contribution in [0.2, 0.25) is 0 Å². The normalized spacial score (nSPS) is 14.0. The molecule has 1 amide bonds. The molecular formula is C19H19BrN4O4. The summed E-state index contributed by atoms with van der Waals surface area (Å²) in [7, 11) is 3.13. The van der Waals surface area contributed by atoms with Crippen molar-refractivity contribution in [2.24, 2.45) is 14.1 Å². The zero-order valence-electron chi connectivity index (χ0n) is 15.5. The van der Waals surface area contributed by atoms with Crippen molar-refractivity contribution in [3.63, 3.8) is 0 Å². The summed E-state index contributed by atoms with van der Waals surface area (Å²) in [5.74, 6) is -0.214. The van der Waals surface area contributed by atoms with E-state index in [-0.39, 0.29) is 11.7 Å². The van der Waals surface area contributed by atoms with Crippen LogP contribution < -0.4 is 21.3 Å². The molecule has 0 spiro atoms. The van der Waals surface area contributed by atoms with Crippen LogP contribution in [0.25, 0.3) is 11.0 Å². The summed E-state index contributed by atoms with van der Waals surface area (Å²) in [4.78, 5) is 39.2. The van der Waals surface area contributed by atoms with Gasteiger partial charge in [-0.1, -0.05) is 0 Å². The molecule has 1 aromatic carbocycles. The molecule has 0 unspecified atom stereocenters. The highest BCUT2D eigenvalue weighted by Crippen LogP contribution is 2.33. The Kier molecular flexibility index (Phi) is 4.62. The maximum atomic E-state index is 12.6. The van der Waals surface area contributed by atoms with E-state index in [0.717, 1.165) is 31.6 Å². The number of halogens is 1. The van der Waals surface area contributed by atoms with Gasteiger partial charge in [0.15, 0.2) is 10.4 Å². The summed E-state index contributed by atoms with van der Waals surface area (Å²) in [6.07, 6.45) is 2.12. The number of hydrogen-bond acceptors (Lipinski definition) is 5. The van der Waals surface area contributed by atoms with Crippen LogP contribution in [0.5, 0.6) is 0 Å². The molecule has 1 saturated heterocycles. The van der Waals surface area contributed by atoms with E-state index in [9.17, 15) is 14.4 Å². The van der Waals surface area contributed by atoms with E-state index in [1.165, 1.54) is 9.13 Å². The number of nitrogens with zero attached hydrogens (tertiary/aromatic N) is 3. The Labute approximate surface area is 168 Å². The van der Waals surface area contributed by atoms with E-state index in [4.69, 9.17) is 4.42 Å². The molecule has 0 saturated carbocycles. The number of rotatable bonds is 3. The lowest BCUT2D eigenvalue weighted by Gasteiger charge is -2.23. The number of amides is 1. The molecule has 0 atom stereocenters. The van der Waals surface area contributed by atoms with Crippen LogP contribution in [0.3, 0.4) is 0 Å². The van der Waals surface area contributed by atoms with E-state index in [2.05, 4.69) is 26.1 Å². The molecule has 9 heteroatoms. The van der Waals surface area contributed by atoms with E-state index in [0.29, 0.717) is 21.4 Å². The van der Waals surface area contributed by atoms with E-state index in [1.807, 2.05) is 6.07 Å². The summed E-state index contributed by atoms with van der Waals surface area (Å²) >= 11 is 3.19. The molecule has 0 radical (unpaired) electrons. The summed E-state index contributed by atoms with van der Waals surface area (Å²) in [6.45, 7) is 1.72. The number of fused-ring (bicyclic) bond motifs is 1. The van der Waals surface area contributed by atoms with Gasteiger partial charge in [0.1, 0.15) is 0 Å². The van der Waals surface area contributed by atoms with Crippen LogP contribution in [-0.2, 0) is 14.1 Å². The van der Waals surface area contributed by atoms with Gasteiger partial charge < -0.3 is 23.8 Å². The van der Waals surface area contributed by atoms with Crippen LogP contribution in [0, 0.1) is 0 Å².